The molecule has 0 aliphatic heterocycles. The molecule has 0 spiro atoms. The normalized spacial score (nSPS) is 11.3. The van der Waals surface area contributed by atoms with E-state index >= 15 is 0 Å². The number of carbonyl (C=O) groups is 1. The first kappa shape index (κ1) is 29.0. The minimum absolute atomic E-state index is 0.0772. The van der Waals surface area contributed by atoms with E-state index in [0.29, 0.717) is 6.42 Å². The van der Waals surface area contributed by atoms with Crippen molar-refractivity contribution in [1.82, 2.24) is 9.97 Å². The molecule has 1 aromatic heterocycles. The summed E-state index contributed by atoms with van der Waals surface area (Å²) in [5, 5.41) is 4.83. The van der Waals surface area contributed by atoms with Crippen molar-refractivity contribution in [3.05, 3.63) is 18.5 Å². The lowest BCUT2D eigenvalue weighted by atomic mass is 10.1. The summed E-state index contributed by atoms with van der Waals surface area (Å²) in [4.78, 5) is 21.2. The third-order valence-corrected chi connectivity index (χ3v) is 7.01. The Labute approximate surface area is 205 Å². The predicted molar refractivity (Wildman–Crippen MR) is 143 cm³/mol. The van der Waals surface area contributed by atoms with Gasteiger partial charge in [-0.1, -0.05) is 84.3 Å². The topological polar surface area (TPSA) is 54.9 Å². The second kappa shape index (κ2) is 20.6. The minimum Gasteiger partial charge on any atom is -0.322 e. The number of allylic oxidation sites excluding steroid dienone is 2. The van der Waals surface area contributed by atoms with Crippen LogP contribution >= 0.6 is 23.5 Å². The van der Waals surface area contributed by atoms with Crippen LogP contribution in [0.15, 0.2) is 28.5 Å². The summed E-state index contributed by atoms with van der Waals surface area (Å²) in [6.07, 6.45) is 23.4. The van der Waals surface area contributed by atoms with Gasteiger partial charge < -0.3 is 5.32 Å². The maximum absolute atomic E-state index is 12.5. The molecule has 0 atom stereocenters. The molecule has 32 heavy (non-hydrogen) atoms. The Hall–Kier alpha value is -1.01. The van der Waals surface area contributed by atoms with Crippen LogP contribution in [0, 0.1) is 0 Å². The molecule has 0 saturated heterocycles. The van der Waals surface area contributed by atoms with Crippen LogP contribution in [0.1, 0.15) is 111 Å². The number of carbonyl (C=O) groups excluding carboxylic acids is 1. The number of anilines is 1. The Morgan fingerprint density at radius 3 is 1.81 bits per heavy atom. The number of hydrogen-bond donors (Lipinski definition) is 1. The fourth-order valence-corrected chi connectivity index (χ4v) is 4.95. The van der Waals surface area contributed by atoms with Crippen molar-refractivity contribution in [1.29, 1.82) is 0 Å². The molecule has 1 aromatic rings. The monoisotopic (exact) mass is 479 g/mol. The molecule has 1 amide bonds. The van der Waals surface area contributed by atoms with Crippen LogP contribution in [0.4, 0.5) is 5.69 Å². The highest BCUT2D eigenvalue weighted by molar-refractivity contribution is 8.00. The van der Waals surface area contributed by atoms with Crippen LogP contribution in [-0.2, 0) is 4.79 Å². The molecule has 1 rings (SSSR count). The van der Waals surface area contributed by atoms with Gasteiger partial charge in [-0.05, 0) is 43.6 Å². The maximum Gasteiger partial charge on any atom is 0.224 e. The third kappa shape index (κ3) is 14.2. The molecule has 0 aromatic carbocycles. The minimum atomic E-state index is 0.0772. The average Bonchev–Trinajstić information content (AvgIpc) is 2.79. The van der Waals surface area contributed by atoms with E-state index in [1.807, 2.05) is 0 Å². The molecule has 0 saturated carbocycles. The van der Waals surface area contributed by atoms with Crippen LogP contribution < -0.4 is 5.32 Å². The Morgan fingerprint density at radius 1 is 0.781 bits per heavy atom. The number of hydrogen-bond acceptors (Lipinski definition) is 5. The summed E-state index contributed by atoms with van der Waals surface area (Å²) in [6.45, 7) is 6.46. The number of thioether (sulfide) groups is 2. The van der Waals surface area contributed by atoms with E-state index in [2.05, 4.69) is 48.2 Å². The van der Waals surface area contributed by atoms with Gasteiger partial charge in [-0.2, -0.15) is 0 Å². The van der Waals surface area contributed by atoms with E-state index in [1.165, 1.54) is 70.6 Å². The average molecular weight is 480 g/mol. The highest BCUT2D eigenvalue weighted by Crippen LogP contribution is 2.32. The summed E-state index contributed by atoms with van der Waals surface area (Å²) in [6, 6.07) is 0. The summed E-state index contributed by atoms with van der Waals surface area (Å²) in [5.74, 6) is 1.92. The van der Waals surface area contributed by atoms with Crippen molar-refractivity contribution in [3.8, 4) is 0 Å². The van der Waals surface area contributed by atoms with E-state index in [-0.39, 0.29) is 5.91 Å². The van der Waals surface area contributed by atoms with Crippen molar-refractivity contribution < 1.29 is 4.79 Å². The molecular weight excluding hydrogens is 434 g/mol. The standard InChI is InChI=1S/C26H45N3OS2/c1-4-7-8-9-10-11-12-13-14-15-16-17-18-19-20-21-23(30)29-24-25(31-5-2)27-22-28-26(24)32-6-3/h13-14,22H,4-12,15-21H2,1-3H3,(H,29,30)/b14-13-. The van der Waals surface area contributed by atoms with Crippen LogP contribution in [0.25, 0.3) is 0 Å². The Morgan fingerprint density at radius 2 is 1.28 bits per heavy atom. The molecule has 1 heterocycles. The number of nitrogens with zero attached hydrogens (tertiary/aromatic N) is 2. The van der Waals surface area contributed by atoms with Gasteiger partial charge in [-0.15, -0.1) is 23.5 Å². The lowest BCUT2D eigenvalue weighted by Gasteiger charge is -2.12. The molecule has 1 N–H and O–H groups in total. The summed E-state index contributed by atoms with van der Waals surface area (Å²) < 4.78 is 0. The van der Waals surface area contributed by atoms with Crippen molar-refractivity contribution >= 4 is 35.1 Å². The first-order valence-electron chi connectivity index (χ1n) is 12.8. The first-order valence-corrected chi connectivity index (χ1v) is 14.7. The highest BCUT2D eigenvalue weighted by atomic mass is 32.2. The van der Waals surface area contributed by atoms with Crippen molar-refractivity contribution in [2.45, 2.75) is 121 Å². The maximum atomic E-state index is 12.5. The van der Waals surface area contributed by atoms with Gasteiger partial charge in [-0.3, -0.25) is 4.79 Å². The largest absolute Gasteiger partial charge is 0.322 e. The molecule has 4 nitrogen and oxygen atoms in total. The Kier molecular flexibility index (Phi) is 18.7. The fourth-order valence-electron chi connectivity index (χ4n) is 3.51. The Balaban J connectivity index is 2.12. The third-order valence-electron chi connectivity index (χ3n) is 5.27. The second-order valence-corrected chi connectivity index (χ2v) is 10.6. The van der Waals surface area contributed by atoms with E-state index in [9.17, 15) is 4.79 Å². The fraction of sp³-hybridized carbons (Fsp3) is 0.731. The quantitative estimate of drug-likeness (QED) is 0.0877. The van der Waals surface area contributed by atoms with Gasteiger partial charge in [0.15, 0.2) is 0 Å². The first-order chi connectivity index (χ1) is 15.7. The summed E-state index contributed by atoms with van der Waals surface area (Å²) in [7, 11) is 0. The van der Waals surface area contributed by atoms with Crippen molar-refractivity contribution in [3.63, 3.8) is 0 Å². The second-order valence-electron chi connectivity index (χ2n) is 8.11. The molecule has 0 aliphatic carbocycles. The van der Waals surface area contributed by atoms with E-state index in [0.717, 1.165) is 40.1 Å². The SMILES string of the molecule is CCCCCCCC/C=C\CCCCCCCC(=O)Nc1c(SCC)ncnc1SCC. The lowest BCUT2D eigenvalue weighted by Crippen LogP contribution is -2.14. The van der Waals surface area contributed by atoms with Gasteiger partial charge in [0.1, 0.15) is 22.1 Å². The zero-order valence-corrected chi connectivity index (χ0v) is 22.3. The van der Waals surface area contributed by atoms with Gasteiger partial charge >= 0.3 is 0 Å². The van der Waals surface area contributed by atoms with Gasteiger partial charge in [0.25, 0.3) is 0 Å². The number of unbranched alkanes of at least 4 members (excludes halogenated alkanes) is 11. The van der Waals surface area contributed by atoms with E-state index in [4.69, 9.17) is 0 Å². The van der Waals surface area contributed by atoms with Gasteiger partial charge in [0.05, 0.1) is 0 Å². The lowest BCUT2D eigenvalue weighted by molar-refractivity contribution is -0.116. The number of rotatable bonds is 20. The van der Waals surface area contributed by atoms with Crippen molar-refractivity contribution in [2.75, 3.05) is 16.8 Å². The number of amides is 1. The molecule has 0 fully saturated rings. The van der Waals surface area contributed by atoms with Crippen LogP contribution in [0.2, 0.25) is 0 Å². The smallest absolute Gasteiger partial charge is 0.224 e. The number of nitrogens with one attached hydrogen (secondary N) is 1. The van der Waals surface area contributed by atoms with Crippen molar-refractivity contribution in [2.24, 2.45) is 0 Å². The van der Waals surface area contributed by atoms with Gasteiger partial charge in [0, 0.05) is 6.42 Å². The highest BCUT2D eigenvalue weighted by Gasteiger charge is 2.14. The van der Waals surface area contributed by atoms with Crippen LogP contribution in [0.3, 0.4) is 0 Å². The summed E-state index contributed by atoms with van der Waals surface area (Å²) in [5.41, 5.74) is 0.795. The van der Waals surface area contributed by atoms with Gasteiger partial charge in [0.2, 0.25) is 5.91 Å². The molecular formula is C26H45N3OS2. The molecule has 0 radical (unpaired) electrons. The van der Waals surface area contributed by atoms with E-state index in [1.54, 1.807) is 29.9 Å². The Bertz CT molecular complexity index is 613. The number of aromatic nitrogens is 2. The summed E-state index contributed by atoms with van der Waals surface area (Å²) >= 11 is 3.30. The van der Waals surface area contributed by atoms with Crippen LogP contribution in [0.5, 0.6) is 0 Å². The predicted octanol–water partition coefficient (Wildman–Crippen LogP) is 8.68. The zero-order chi connectivity index (χ0) is 23.3. The molecule has 0 aliphatic rings. The van der Waals surface area contributed by atoms with Crippen LogP contribution in [-0.4, -0.2) is 27.4 Å². The molecule has 182 valence electrons. The zero-order valence-electron chi connectivity index (χ0n) is 20.7. The molecule has 0 bridgehead atoms. The molecule has 6 heteroatoms. The molecule has 0 unspecified atom stereocenters. The van der Waals surface area contributed by atoms with Gasteiger partial charge in [-0.25, -0.2) is 9.97 Å². The van der Waals surface area contributed by atoms with E-state index < -0.39 is 0 Å².